The summed E-state index contributed by atoms with van der Waals surface area (Å²) in [5.41, 5.74) is 0. The molecule has 3 nitrogen and oxygen atoms in total. The van der Waals surface area contributed by atoms with E-state index in [1.54, 1.807) is 0 Å². The molecule has 0 aromatic rings. The lowest BCUT2D eigenvalue weighted by Crippen LogP contribution is -2.20. The summed E-state index contributed by atoms with van der Waals surface area (Å²) < 4.78 is 4.96. The van der Waals surface area contributed by atoms with Crippen LogP contribution in [0.1, 0.15) is 6.92 Å². The number of hydrogen-bond acceptors (Lipinski definition) is 3. The fraction of sp³-hybridized carbons (Fsp3) is 1.00. The number of aliphatic hydroxyl groups is 1. The van der Waals surface area contributed by atoms with Crippen molar-refractivity contribution in [1.29, 1.82) is 0 Å². The Labute approximate surface area is 49.7 Å². The summed E-state index contributed by atoms with van der Waals surface area (Å²) in [6.45, 7) is 4.13. The van der Waals surface area contributed by atoms with E-state index >= 15 is 0 Å². The molecule has 0 aliphatic rings. The second kappa shape index (κ2) is 6.88. The van der Waals surface area contributed by atoms with E-state index in [1.165, 1.54) is 0 Å². The summed E-state index contributed by atoms with van der Waals surface area (Å²) in [4.78, 5) is 0. The van der Waals surface area contributed by atoms with Crippen molar-refractivity contribution in [1.82, 2.24) is 5.32 Å². The van der Waals surface area contributed by atoms with Gasteiger partial charge in [-0.15, -0.1) is 0 Å². The molecule has 0 saturated heterocycles. The smallest absolute Gasteiger partial charge is 0.0932 e. The first-order chi connectivity index (χ1) is 3.91. The number of aliphatic hydroxyl groups excluding tert-OH is 1. The van der Waals surface area contributed by atoms with Gasteiger partial charge in [-0.3, -0.25) is 5.32 Å². The van der Waals surface area contributed by atoms with Crippen molar-refractivity contribution in [3.63, 3.8) is 0 Å². The van der Waals surface area contributed by atoms with Crippen LogP contribution in [-0.2, 0) is 4.74 Å². The van der Waals surface area contributed by atoms with Gasteiger partial charge in [-0.05, 0) is 6.92 Å². The van der Waals surface area contributed by atoms with Crippen LogP contribution in [0.15, 0.2) is 0 Å². The van der Waals surface area contributed by atoms with Gasteiger partial charge in [0.1, 0.15) is 0 Å². The molecule has 0 aromatic carbocycles. The number of ether oxygens (including phenoxy) is 1. The second-order valence-corrected chi connectivity index (χ2v) is 1.36. The van der Waals surface area contributed by atoms with Gasteiger partial charge in [0.05, 0.1) is 13.3 Å². The maximum atomic E-state index is 8.20. The van der Waals surface area contributed by atoms with Crippen molar-refractivity contribution in [2.75, 3.05) is 26.5 Å². The van der Waals surface area contributed by atoms with Gasteiger partial charge < -0.3 is 9.84 Å². The molecule has 0 aromatic heterocycles. The van der Waals surface area contributed by atoms with Crippen molar-refractivity contribution < 1.29 is 9.84 Å². The third kappa shape index (κ3) is 5.88. The Kier molecular flexibility index (Phi) is 6.78. The highest BCUT2D eigenvalue weighted by molar-refractivity contribution is 4.34. The third-order valence-corrected chi connectivity index (χ3v) is 0.739. The van der Waals surface area contributed by atoms with E-state index in [0.717, 1.165) is 13.2 Å². The van der Waals surface area contributed by atoms with Crippen molar-refractivity contribution >= 4 is 0 Å². The van der Waals surface area contributed by atoms with Gasteiger partial charge in [0.15, 0.2) is 0 Å². The maximum Gasteiger partial charge on any atom is 0.0932 e. The lowest BCUT2D eigenvalue weighted by molar-refractivity contribution is 0.140. The van der Waals surface area contributed by atoms with Crippen molar-refractivity contribution in [2.24, 2.45) is 0 Å². The quantitative estimate of drug-likeness (QED) is 0.381. The van der Waals surface area contributed by atoms with Crippen molar-refractivity contribution in [3.05, 3.63) is 0 Å². The van der Waals surface area contributed by atoms with Crippen LogP contribution >= 0.6 is 0 Å². The van der Waals surface area contributed by atoms with Crippen molar-refractivity contribution in [2.45, 2.75) is 6.92 Å². The van der Waals surface area contributed by atoms with Gasteiger partial charge in [-0.1, -0.05) is 0 Å². The van der Waals surface area contributed by atoms with Crippen LogP contribution in [0.2, 0.25) is 0 Å². The Morgan fingerprint density at radius 3 is 2.88 bits per heavy atom. The SMILES string of the molecule is CCOCCNCO. The maximum absolute atomic E-state index is 8.20. The standard InChI is InChI=1S/C5H13NO2/c1-2-8-4-3-6-5-7/h6-7H,2-5H2,1H3. The molecule has 0 bridgehead atoms. The van der Waals surface area contributed by atoms with Crippen LogP contribution in [0.3, 0.4) is 0 Å². The molecular weight excluding hydrogens is 106 g/mol. The van der Waals surface area contributed by atoms with Crippen molar-refractivity contribution in [3.8, 4) is 0 Å². The summed E-state index contributed by atoms with van der Waals surface area (Å²) in [5.74, 6) is 0. The van der Waals surface area contributed by atoms with E-state index in [2.05, 4.69) is 5.32 Å². The zero-order valence-electron chi connectivity index (χ0n) is 5.18. The summed E-state index contributed by atoms with van der Waals surface area (Å²) >= 11 is 0. The zero-order chi connectivity index (χ0) is 6.24. The Morgan fingerprint density at radius 1 is 1.62 bits per heavy atom. The van der Waals surface area contributed by atoms with Crippen LogP contribution in [-0.4, -0.2) is 31.6 Å². The predicted octanol–water partition coefficient (Wildman–Crippen LogP) is -0.438. The topological polar surface area (TPSA) is 41.5 Å². The monoisotopic (exact) mass is 119 g/mol. The molecule has 0 aliphatic heterocycles. The van der Waals surface area contributed by atoms with Gasteiger partial charge in [0.2, 0.25) is 0 Å². The first-order valence-electron chi connectivity index (χ1n) is 2.81. The Balaban J connectivity index is 2.53. The Morgan fingerprint density at radius 2 is 2.38 bits per heavy atom. The third-order valence-electron chi connectivity index (χ3n) is 0.739. The van der Waals surface area contributed by atoms with Gasteiger partial charge in [-0.25, -0.2) is 0 Å². The lowest BCUT2D eigenvalue weighted by atomic mass is 10.7. The highest BCUT2D eigenvalue weighted by Gasteiger charge is 1.80. The lowest BCUT2D eigenvalue weighted by Gasteiger charge is -1.98. The van der Waals surface area contributed by atoms with Crippen LogP contribution < -0.4 is 5.32 Å². The zero-order valence-corrected chi connectivity index (χ0v) is 5.18. The highest BCUT2D eigenvalue weighted by atomic mass is 16.5. The summed E-state index contributed by atoms with van der Waals surface area (Å²) in [6.07, 6.45) is 0. The first kappa shape index (κ1) is 7.88. The molecule has 0 atom stereocenters. The molecule has 0 saturated carbocycles. The molecule has 0 heterocycles. The minimum absolute atomic E-state index is 0.0348. The minimum atomic E-state index is 0.0348. The highest BCUT2D eigenvalue weighted by Crippen LogP contribution is 1.68. The van der Waals surface area contributed by atoms with E-state index in [-0.39, 0.29) is 6.73 Å². The molecule has 2 N–H and O–H groups in total. The van der Waals surface area contributed by atoms with Gasteiger partial charge in [0, 0.05) is 13.2 Å². The van der Waals surface area contributed by atoms with Crippen LogP contribution in [0.25, 0.3) is 0 Å². The molecule has 3 heteroatoms. The molecular formula is C5H13NO2. The summed E-state index contributed by atoms with van der Waals surface area (Å²) in [7, 11) is 0. The number of hydrogen-bond donors (Lipinski definition) is 2. The summed E-state index contributed by atoms with van der Waals surface area (Å²) in [5, 5.41) is 10.9. The molecule has 0 amide bonds. The first-order valence-corrected chi connectivity index (χ1v) is 2.81. The van der Waals surface area contributed by atoms with Crippen LogP contribution in [0.4, 0.5) is 0 Å². The van der Waals surface area contributed by atoms with Gasteiger partial charge >= 0.3 is 0 Å². The van der Waals surface area contributed by atoms with E-state index in [1.807, 2.05) is 6.92 Å². The van der Waals surface area contributed by atoms with E-state index in [0.29, 0.717) is 6.61 Å². The van der Waals surface area contributed by atoms with E-state index in [4.69, 9.17) is 9.84 Å². The molecule has 0 unspecified atom stereocenters. The second-order valence-electron chi connectivity index (χ2n) is 1.36. The van der Waals surface area contributed by atoms with Crippen LogP contribution in [0, 0.1) is 0 Å². The fourth-order valence-corrected chi connectivity index (χ4v) is 0.368. The Bertz CT molecular complexity index is 35.4. The fourth-order valence-electron chi connectivity index (χ4n) is 0.368. The molecule has 0 fully saturated rings. The molecule has 0 rings (SSSR count). The average Bonchev–Trinajstić information content (AvgIpc) is 1.81. The Hall–Kier alpha value is -0.120. The van der Waals surface area contributed by atoms with E-state index < -0.39 is 0 Å². The van der Waals surface area contributed by atoms with Gasteiger partial charge in [0.25, 0.3) is 0 Å². The van der Waals surface area contributed by atoms with Crippen LogP contribution in [0.5, 0.6) is 0 Å². The minimum Gasteiger partial charge on any atom is -0.381 e. The summed E-state index contributed by atoms with van der Waals surface area (Å²) in [6, 6.07) is 0. The van der Waals surface area contributed by atoms with Gasteiger partial charge in [-0.2, -0.15) is 0 Å². The predicted molar refractivity (Wildman–Crippen MR) is 31.6 cm³/mol. The molecule has 0 aliphatic carbocycles. The average molecular weight is 119 g/mol. The molecule has 50 valence electrons. The molecule has 0 radical (unpaired) electrons. The molecule has 8 heavy (non-hydrogen) atoms. The molecule has 0 spiro atoms. The van der Waals surface area contributed by atoms with E-state index in [9.17, 15) is 0 Å². The normalized spacial score (nSPS) is 9.75. The number of nitrogens with one attached hydrogen (secondary N) is 1. The number of rotatable bonds is 5. The largest absolute Gasteiger partial charge is 0.381 e.